The number of nitrogens with zero attached hydrogens (tertiary/aromatic N) is 3. The van der Waals surface area contributed by atoms with Crippen molar-refractivity contribution < 1.29 is 18.8 Å². The third-order valence-corrected chi connectivity index (χ3v) is 7.81. The number of amides is 3. The van der Waals surface area contributed by atoms with Crippen LogP contribution < -0.4 is 21.3 Å². The predicted octanol–water partition coefficient (Wildman–Crippen LogP) is 4.09. The van der Waals surface area contributed by atoms with Crippen LogP contribution in [0.15, 0.2) is 60.8 Å². The lowest BCUT2D eigenvalue weighted by Crippen LogP contribution is -2.49. The SMILES string of the molecule is NC1CCC(NC(=O)c2ccc(N3CCN(C(=O)c4ccc(Cl)nc4)CC3)c(NC(=O)c3cccc(F)c3)c2)CC1. The molecule has 5 rings (SSSR count). The number of carbonyl (C=O) groups excluding carboxylic acids is 3. The molecule has 2 heterocycles. The van der Waals surface area contributed by atoms with Crippen molar-refractivity contribution in [1.29, 1.82) is 0 Å². The first-order valence-electron chi connectivity index (χ1n) is 13.7. The quantitative estimate of drug-likeness (QED) is 0.379. The van der Waals surface area contributed by atoms with Crippen molar-refractivity contribution in [3.8, 4) is 0 Å². The van der Waals surface area contributed by atoms with Crippen LogP contribution in [-0.4, -0.2) is 65.9 Å². The minimum Gasteiger partial charge on any atom is -0.366 e. The Morgan fingerprint density at radius 1 is 0.878 bits per heavy atom. The molecule has 0 spiro atoms. The zero-order valence-corrected chi connectivity index (χ0v) is 23.2. The molecule has 2 aliphatic rings. The van der Waals surface area contributed by atoms with Crippen molar-refractivity contribution in [2.24, 2.45) is 5.73 Å². The van der Waals surface area contributed by atoms with Gasteiger partial charge in [-0.2, -0.15) is 0 Å². The van der Waals surface area contributed by atoms with Crippen LogP contribution in [0.5, 0.6) is 0 Å². The number of hydrogen-bond donors (Lipinski definition) is 3. The molecule has 1 saturated heterocycles. The molecule has 2 aromatic carbocycles. The van der Waals surface area contributed by atoms with Crippen LogP contribution in [0.25, 0.3) is 0 Å². The number of benzene rings is 2. The van der Waals surface area contributed by atoms with E-state index in [0.717, 1.165) is 31.7 Å². The molecule has 4 N–H and O–H groups in total. The van der Waals surface area contributed by atoms with E-state index in [1.807, 2.05) is 0 Å². The third kappa shape index (κ3) is 7.01. The minimum absolute atomic E-state index is 0.0498. The predicted molar refractivity (Wildman–Crippen MR) is 156 cm³/mol. The molecule has 9 nitrogen and oxygen atoms in total. The number of aromatic nitrogens is 1. The summed E-state index contributed by atoms with van der Waals surface area (Å²) in [5.41, 5.74) is 8.16. The molecule has 0 unspecified atom stereocenters. The standard InChI is InChI=1S/C30H32ClFN6O3/c31-27-11-5-21(18-34-27)30(41)38-14-12-37(13-15-38)26-10-4-20(28(39)35-24-8-6-23(33)7-9-24)17-25(26)36-29(40)19-2-1-3-22(32)16-19/h1-5,10-11,16-18,23-24H,6-9,12-15,33H2,(H,35,39)(H,36,40). The maximum Gasteiger partial charge on any atom is 0.255 e. The lowest BCUT2D eigenvalue weighted by Gasteiger charge is -2.37. The Hall–Kier alpha value is -4.02. The molecule has 0 radical (unpaired) electrons. The lowest BCUT2D eigenvalue weighted by atomic mass is 9.91. The van der Waals surface area contributed by atoms with Gasteiger partial charge in [-0.3, -0.25) is 14.4 Å². The number of anilines is 2. The molecule has 214 valence electrons. The molecule has 3 amide bonds. The van der Waals surface area contributed by atoms with Gasteiger partial charge in [0.1, 0.15) is 11.0 Å². The van der Waals surface area contributed by atoms with Gasteiger partial charge < -0.3 is 26.2 Å². The van der Waals surface area contributed by atoms with Crippen LogP contribution in [0.2, 0.25) is 5.15 Å². The van der Waals surface area contributed by atoms with Gasteiger partial charge in [0.15, 0.2) is 0 Å². The van der Waals surface area contributed by atoms with Crippen LogP contribution in [0.3, 0.4) is 0 Å². The number of nitrogens with one attached hydrogen (secondary N) is 2. The number of hydrogen-bond acceptors (Lipinski definition) is 6. The largest absolute Gasteiger partial charge is 0.366 e. The number of carbonyl (C=O) groups is 3. The smallest absolute Gasteiger partial charge is 0.255 e. The second kappa shape index (κ2) is 12.7. The molecule has 11 heteroatoms. The molecule has 0 bridgehead atoms. The molecule has 0 atom stereocenters. The first-order valence-corrected chi connectivity index (χ1v) is 14.1. The van der Waals surface area contributed by atoms with Gasteiger partial charge in [0, 0.05) is 55.6 Å². The highest BCUT2D eigenvalue weighted by Crippen LogP contribution is 2.30. The van der Waals surface area contributed by atoms with E-state index in [1.54, 1.807) is 35.2 Å². The maximum absolute atomic E-state index is 13.8. The summed E-state index contributed by atoms with van der Waals surface area (Å²) < 4.78 is 13.8. The van der Waals surface area contributed by atoms with Crippen LogP contribution in [0, 0.1) is 5.82 Å². The lowest BCUT2D eigenvalue weighted by molar-refractivity contribution is 0.0746. The second-order valence-electron chi connectivity index (χ2n) is 10.4. The molecule has 3 aromatic rings. The molecule has 2 fully saturated rings. The maximum atomic E-state index is 13.8. The van der Waals surface area contributed by atoms with E-state index >= 15 is 0 Å². The van der Waals surface area contributed by atoms with Crippen LogP contribution >= 0.6 is 11.6 Å². The average Bonchev–Trinajstić information content (AvgIpc) is 2.98. The van der Waals surface area contributed by atoms with Crippen LogP contribution in [0.1, 0.15) is 56.8 Å². The van der Waals surface area contributed by atoms with Crippen molar-refractivity contribution in [2.75, 3.05) is 36.4 Å². The second-order valence-corrected chi connectivity index (χ2v) is 10.8. The molecule has 1 aliphatic carbocycles. The first-order chi connectivity index (χ1) is 19.8. The highest BCUT2D eigenvalue weighted by atomic mass is 35.5. The van der Waals surface area contributed by atoms with Gasteiger partial charge >= 0.3 is 0 Å². The first kappa shape index (κ1) is 28.5. The Kier molecular flexibility index (Phi) is 8.80. The monoisotopic (exact) mass is 578 g/mol. The highest BCUT2D eigenvalue weighted by Gasteiger charge is 2.26. The average molecular weight is 579 g/mol. The van der Waals surface area contributed by atoms with Gasteiger partial charge in [-0.05, 0) is 74.2 Å². The Labute approximate surface area is 242 Å². The summed E-state index contributed by atoms with van der Waals surface area (Å²) in [5.74, 6) is -1.38. The fraction of sp³-hybridized carbons (Fsp3) is 0.333. The third-order valence-electron chi connectivity index (χ3n) is 7.58. The van der Waals surface area contributed by atoms with E-state index in [4.69, 9.17) is 17.3 Å². The summed E-state index contributed by atoms with van der Waals surface area (Å²) in [6.07, 6.45) is 4.83. The summed E-state index contributed by atoms with van der Waals surface area (Å²) >= 11 is 5.85. The van der Waals surface area contributed by atoms with Gasteiger partial charge in [-0.15, -0.1) is 0 Å². The van der Waals surface area contributed by atoms with E-state index in [2.05, 4.69) is 20.5 Å². The zero-order valence-electron chi connectivity index (χ0n) is 22.5. The van der Waals surface area contributed by atoms with Gasteiger partial charge in [-0.25, -0.2) is 9.37 Å². The molecular weight excluding hydrogens is 547 g/mol. The van der Waals surface area contributed by atoms with Crippen molar-refractivity contribution in [2.45, 2.75) is 37.8 Å². The van der Waals surface area contributed by atoms with Gasteiger partial charge in [0.25, 0.3) is 17.7 Å². The molecule has 1 aliphatic heterocycles. The summed E-state index contributed by atoms with van der Waals surface area (Å²) in [7, 11) is 0. The van der Waals surface area contributed by atoms with Gasteiger partial charge in [0.2, 0.25) is 0 Å². The van der Waals surface area contributed by atoms with Crippen molar-refractivity contribution in [1.82, 2.24) is 15.2 Å². The fourth-order valence-electron chi connectivity index (χ4n) is 5.24. The van der Waals surface area contributed by atoms with Crippen LogP contribution in [0.4, 0.5) is 15.8 Å². The number of rotatable bonds is 6. The van der Waals surface area contributed by atoms with E-state index in [1.165, 1.54) is 24.4 Å². The van der Waals surface area contributed by atoms with Crippen molar-refractivity contribution in [3.63, 3.8) is 0 Å². The Balaban J connectivity index is 1.34. The van der Waals surface area contributed by atoms with Gasteiger partial charge in [-0.1, -0.05) is 17.7 Å². The number of halogens is 2. The molecule has 1 saturated carbocycles. The number of piperazine rings is 1. The zero-order chi connectivity index (χ0) is 28.9. The van der Waals surface area contributed by atoms with Crippen LogP contribution in [-0.2, 0) is 0 Å². The summed E-state index contributed by atoms with van der Waals surface area (Å²) in [6, 6.07) is 14.1. The number of nitrogens with two attached hydrogens (primary N) is 1. The molecule has 41 heavy (non-hydrogen) atoms. The van der Waals surface area contributed by atoms with Crippen molar-refractivity contribution >= 4 is 40.7 Å². The topological polar surface area (TPSA) is 121 Å². The normalized spacial score (nSPS) is 19.0. The summed E-state index contributed by atoms with van der Waals surface area (Å²) in [4.78, 5) is 46.9. The molecular formula is C30H32ClFN6O3. The van der Waals surface area contributed by atoms with E-state index in [-0.39, 0.29) is 29.5 Å². The Morgan fingerprint density at radius 3 is 2.27 bits per heavy atom. The van der Waals surface area contributed by atoms with E-state index in [0.29, 0.717) is 53.8 Å². The Bertz CT molecular complexity index is 1420. The summed E-state index contributed by atoms with van der Waals surface area (Å²) in [5, 5.41) is 6.28. The highest BCUT2D eigenvalue weighted by molar-refractivity contribution is 6.29. The van der Waals surface area contributed by atoms with E-state index < -0.39 is 11.7 Å². The van der Waals surface area contributed by atoms with E-state index in [9.17, 15) is 18.8 Å². The minimum atomic E-state index is -0.519. The fourth-order valence-corrected chi connectivity index (χ4v) is 5.36. The van der Waals surface area contributed by atoms with Crippen molar-refractivity contribution in [3.05, 3.63) is 88.5 Å². The number of pyridine rings is 1. The van der Waals surface area contributed by atoms with Gasteiger partial charge in [0.05, 0.1) is 16.9 Å². The Morgan fingerprint density at radius 2 is 1.59 bits per heavy atom. The molecule has 1 aromatic heterocycles. The summed E-state index contributed by atoms with van der Waals surface area (Å²) in [6.45, 7) is 1.91.